The summed E-state index contributed by atoms with van der Waals surface area (Å²) in [4.78, 5) is 39.3. The van der Waals surface area contributed by atoms with Crippen LogP contribution in [0.25, 0.3) is 6.08 Å². The molecule has 9 heteroatoms. The van der Waals surface area contributed by atoms with Gasteiger partial charge in [0.15, 0.2) is 11.5 Å². The molecule has 0 aromatic heterocycles. The van der Waals surface area contributed by atoms with Crippen LogP contribution >= 0.6 is 23.4 Å². The van der Waals surface area contributed by atoms with E-state index in [4.69, 9.17) is 21.1 Å². The molecule has 1 fully saturated rings. The van der Waals surface area contributed by atoms with Gasteiger partial charge in [-0.15, -0.1) is 0 Å². The summed E-state index contributed by atoms with van der Waals surface area (Å²) in [5.41, 5.74) is 4.03. The fourth-order valence-corrected chi connectivity index (χ4v) is 4.79. The van der Waals surface area contributed by atoms with Gasteiger partial charge in [0.05, 0.1) is 11.5 Å². The minimum Gasteiger partial charge on any atom is -0.490 e. The predicted molar refractivity (Wildman–Crippen MR) is 151 cm³/mol. The van der Waals surface area contributed by atoms with Crippen LogP contribution in [-0.4, -0.2) is 35.1 Å². The number of carbonyl (C=O) groups is 3. The first-order chi connectivity index (χ1) is 18.2. The van der Waals surface area contributed by atoms with E-state index in [1.54, 1.807) is 30.3 Å². The van der Waals surface area contributed by atoms with Crippen molar-refractivity contribution in [1.29, 1.82) is 0 Å². The molecule has 1 heterocycles. The molecular weight excluding hydrogens is 524 g/mol. The van der Waals surface area contributed by atoms with Gasteiger partial charge >= 0.3 is 0 Å². The molecule has 0 saturated carbocycles. The Bertz CT molecular complexity index is 1420. The molecule has 3 aromatic rings. The molecule has 0 unspecified atom stereocenters. The Morgan fingerprint density at radius 1 is 1.03 bits per heavy atom. The number of amides is 3. The molecule has 1 aliphatic heterocycles. The van der Waals surface area contributed by atoms with E-state index in [1.807, 2.05) is 57.2 Å². The van der Waals surface area contributed by atoms with Crippen LogP contribution in [0.2, 0.25) is 5.02 Å². The zero-order chi connectivity index (χ0) is 27.2. The summed E-state index contributed by atoms with van der Waals surface area (Å²) in [5.74, 6) is 0.0644. The third kappa shape index (κ3) is 6.57. The van der Waals surface area contributed by atoms with Gasteiger partial charge in [0.2, 0.25) is 5.91 Å². The van der Waals surface area contributed by atoms with Crippen LogP contribution in [0.3, 0.4) is 0 Å². The zero-order valence-corrected chi connectivity index (χ0v) is 22.8. The molecule has 0 radical (unpaired) electrons. The molecule has 3 aromatic carbocycles. The highest BCUT2D eigenvalue weighted by molar-refractivity contribution is 8.18. The molecular formula is C29H27ClN2O5S. The van der Waals surface area contributed by atoms with Crippen molar-refractivity contribution < 1.29 is 23.9 Å². The van der Waals surface area contributed by atoms with Crippen molar-refractivity contribution in [2.75, 3.05) is 18.5 Å². The summed E-state index contributed by atoms with van der Waals surface area (Å²) in [6.45, 7) is 5.97. The largest absolute Gasteiger partial charge is 0.490 e. The van der Waals surface area contributed by atoms with Crippen LogP contribution in [0.15, 0.2) is 65.6 Å². The number of nitrogens with zero attached hydrogens (tertiary/aromatic N) is 1. The first-order valence-corrected chi connectivity index (χ1v) is 13.2. The Morgan fingerprint density at radius 3 is 2.58 bits per heavy atom. The fourth-order valence-electron chi connectivity index (χ4n) is 3.76. The lowest BCUT2D eigenvalue weighted by Gasteiger charge is -2.14. The van der Waals surface area contributed by atoms with Crippen molar-refractivity contribution in [2.45, 2.75) is 27.4 Å². The van der Waals surface area contributed by atoms with Crippen LogP contribution in [0.1, 0.15) is 29.2 Å². The molecule has 38 heavy (non-hydrogen) atoms. The van der Waals surface area contributed by atoms with Gasteiger partial charge in [-0.3, -0.25) is 19.3 Å². The molecule has 1 saturated heterocycles. The highest BCUT2D eigenvalue weighted by atomic mass is 35.5. The number of hydrogen-bond donors (Lipinski definition) is 1. The number of anilines is 1. The maximum Gasteiger partial charge on any atom is 0.294 e. The highest BCUT2D eigenvalue weighted by Crippen LogP contribution is 2.35. The van der Waals surface area contributed by atoms with Crippen molar-refractivity contribution in [1.82, 2.24) is 4.90 Å². The van der Waals surface area contributed by atoms with Crippen molar-refractivity contribution in [3.8, 4) is 11.5 Å². The molecule has 7 nitrogen and oxygen atoms in total. The lowest BCUT2D eigenvalue weighted by atomic mass is 10.1. The summed E-state index contributed by atoms with van der Waals surface area (Å²) in [7, 11) is 0. The van der Waals surface area contributed by atoms with E-state index >= 15 is 0 Å². The Morgan fingerprint density at radius 2 is 1.82 bits per heavy atom. The number of benzene rings is 3. The number of halogens is 1. The Kier molecular flexibility index (Phi) is 8.76. The van der Waals surface area contributed by atoms with Crippen LogP contribution in [0, 0.1) is 13.8 Å². The monoisotopic (exact) mass is 550 g/mol. The molecule has 1 aliphatic rings. The lowest BCUT2D eigenvalue weighted by Crippen LogP contribution is -2.36. The Hall–Kier alpha value is -3.75. The van der Waals surface area contributed by atoms with Crippen molar-refractivity contribution in [3.63, 3.8) is 0 Å². The van der Waals surface area contributed by atoms with Gasteiger partial charge < -0.3 is 14.8 Å². The second kappa shape index (κ2) is 12.2. The standard InChI is InChI=1S/C29H27ClN2O5S/c1-4-36-25-14-20(11-12-24(25)37-17-21-7-5-6-8-22(21)30)15-26-28(34)32(29(35)38-26)16-27(33)31-23-13-18(2)9-10-19(23)3/h5-15H,4,16-17H2,1-3H3,(H,31,33)/b26-15+. The van der Waals surface area contributed by atoms with Crippen molar-refractivity contribution in [3.05, 3.63) is 92.8 Å². The number of carbonyl (C=O) groups excluding carboxylic acids is 3. The minimum atomic E-state index is -0.520. The summed E-state index contributed by atoms with van der Waals surface area (Å²) >= 11 is 7.02. The highest BCUT2D eigenvalue weighted by Gasteiger charge is 2.36. The van der Waals surface area contributed by atoms with Crippen molar-refractivity contribution >= 4 is 52.2 Å². The van der Waals surface area contributed by atoms with Crippen LogP contribution in [-0.2, 0) is 16.2 Å². The second-order valence-electron chi connectivity index (χ2n) is 8.65. The van der Waals surface area contributed by atoms with Gasteiger partial charge in [-0.2, -0.15) is 0 Å². The number of aryl methyl sites for hydroxylation is 2. The number of ether oxygens (including phenoxy) is 2. The van der Waals surface area contributed by atoms with Crippen molar-refractivity contribution in [2.24, 2.45) is 0 Å². The third-order valence-electron chi connectivity index (χ3n) is 5.75. The number of nitrogens with one attached hydrogen (secondary N) is 1. The molecule has 196 valence electrons. The lowest BCUT2D eigenvalue weighted by molar-refractivity contribution is -0.127. The maximum atomic E-state index is 13.0. The van der Waals surface area contributed by atoms with Crippen LogP contribution in [0.4, 0.5) is 10.5 Å². The van der Waals surface area contributed by atoms with E-state index in [9.17, 15) is 14.4 Å². The molecule has 1 N–H and O–H groups in total. The van der Waals surface area contributed by atoms with E-state index in [2.05, 4.69) is 5.32 Å². The van der Waals surface area contributed by atoms with Gasteiger partial charge in [0, 0.05) is 16.3 Å². The van der Waals surface area contributed by atoms with E-state index in [0.717, 1.165) is 33.4 Å². The summed E-state index contributed by atoms with van der Waals surface area (Å²) in [5, 5.41) is 2.90. The number of thioether (sulfide) groups is 1. The quantitative estimate of drug-likeness (QED) is 0.302. The second-order valence-corrected chi connectivity index (χ2v) is 10.1. The molecule has 0 bridgehead atoms. The molecule has 4 rings (SSSR count). The molecule has 0 atom stereocenters. The number of rotatable bonds is 9. The van der Waals surface area contributed by atoms with Gasteiger partial charge in [-0.25, -0.2) is 0 Å². The topological polar surface area (TPSA) is 84.9 Å². The summed E-state index contributed by atoms with van der Waals surface area (Å²) in [6, 6.07) is 18.4. The van der Waals surface area contributed by atoms with E-state index in [0.29, 0.717) is 34.4 Å². The number of hydrogen-bond acceptors (Lipinski definition) is 6. The van der Waals surface area contributed by atoms with E-state index in [1.165, 1.54) is 0 Å². The molecule has 3 amide bonds. The predicted octanol–water partition coefficient (Wildman–Crippen LogP) is 6.61. The summed E-state index contributed by atoms with van der Waals surface area (Å²) < 4.78 is 11.7. The zero-order valence-electron chi connectivity index (χ0n) is 21.2. The summed E-state index contributed by atoms with van der Waals surface area (Å²) in [6.07, 6.45) is 1.61. The van der Waals surface area contributed by atoms with Crippen LogP contribution in [0.5, 0.6) is 11.5 Å². The van der Waals surface area contributed by atoms with Gasteiger partial charge in [0.1, 0.15) is 13.2 Å². The fraction of sp³-hybridized carbons (Fsp3) is 0.207. The smallest absolute Gasteiger partial charge is 0.294 e. The van der Waals surface area contributed by atoms with Crippen LogP contribution < -0.4 is 14.8 Å². The molecule has 0 aliphatic carbocycles. The molecule has 0 spiro atoms. The SMILES string of the molecule is CCOc1cc(/C=C2/SC(=O)N(CC(=O)Nc3cc(C)ccc3C)C2=O)ccc1OCc1ccccc1Cl. The van der Waals surface area contributed by atoms with E-state index in [-0.39, 0.29) is 18.1 Å². The average molecular weight is 551 g/mol. The normalized spacial score (nSPS) is 14.2. The van der Waals surface area contributed by atoms with E-state index < -0.39 is 17.1 Å². The Balaban J connectivity index is 1.46. The third-order valence-corrected chi connectivity index (χ3v) is 7.02. The maximum absolute atomic E-state index is 13.0. The first kappa shape index (κ1) is 27.3. The van der Waals surface area contributed by atoms with Gasteiger partial charge in [-0.1, -0.05) is 48.0 Å². The Labute approximate surface area is 230 Å². The minimum absolute atomic E-state index is 0.224. The number of imide groups is 1. The average Bonchev–Trinajstić information content (AvgIpc) is 3.14. The van der Waals surface area contributed by atoms with Gasteiger partial charge in [0.25, 0.3) is 11.1 Å². The first-order valence-electron chi connectivity index (χ1n) is 12.0. The van der Waals surface area contributed by atoms with Gasteiger partial charge in [-0.05, 0) is 79.6 Å².